The van der Waals surface area contributed by atoms with E-state index in [1.807, 2.05) is 19.2 Å². The molecule has 1 N–H and O–H groups in total. The van der Waals surface area contributed by atoms with Crippen molar-refractivity contribution in [2.45, 2.75) is 6.04 Å². The van der Waals surface area contributed by atoms with E-state index in [2.05, 4.69) is 32.9 Å². The summed E-state index contributed by atoms with van der Waals surface area (Å²) in [6.07, 6.45) is 3.39. The van der Waals surface area contributed by atoms with Crippen LogP contribution >= 0.6 is 22.6 Å². The van der Waals surface area contributed by atoms with E-state index < -0.39 is 6.04 Å². The summed E-state index contributed by atoms with van der Waals surface area (Å²) >= 11 is 2.18. The number of rotatable bonds is 4. The third kappa shape index (κ3) is 3.48. The summed E-state index contributed by atoms with van der Waals surface area (Å²) in [6.45, 7) is 0. The summed E-state index contributed by atoms with van der Waals surface area (Å²) in [5.74, 6) is -0.0879. The lowest BCUT2D eigenvalue weighted by molar-refractivity contribution is 0.0940. The molecule has 1 amide bonds. The van der Waals surface area contributed by atoms with Gasteiger partial charge in [0.25, 0.3) is 5.91 Å². The van der Waals surface area contributed by atoms with Gasteiger partial charge >= 0.3 is 0 Å². The van der Waals surface area contributed by atoms with Gasteiger partial charge in [-0.05, 0) is 52.9 Å². The second-order valence-corrected chi connectivity index (χ2v) is 6.58. The number of amides is 1. The van der Waals surface area contributed by atoms with E-state index in [-0.39, 0.29) is 11.7 Å². The Labute approximate surface area is 152 Å². The first-order valence-electron chi connectivity index (χ1n) is 7.34. The van der Waals surface area contributed by atoms with Crippen LogP contribution in [0.25, 0.3) is 0 Å². The molecule has 0 bridgehead atoms. The molecule has 0 aliphatic heterocycles. The largest absolute Gasteiger partial charge is 0.338 e. The Hall–Kier alpha value is -2.22. The molecule has 0 saturated heterocycles. The topological polar surface area (TPSA) is 46.9 Å². The molecule has 0 aliphatic carbocycles. The summed E-state index contributed by atoms with van der Waals surface area (Å²) in [6, 6.07) is 12.9. The fourth-order valence-corrected chi connectivity index (χ4v) is 2.82. The molecule has 0 spiro atoms. The average molecular weight is 435 g/mol. The van der Waals surface area contributed by atoms with Gasteiger partial charge in [-0.25, -0.2) is 9.37 Å². The lowest BCUT2D eigenvalue weighted by atomic mass is 10.0. The minimum atomic E-state index is -0.669. The highest BCUT2D eigenvalue weighted by atomic mass is 127. The van der Waals surface area contributed by atoms with Crippen LogP contribution in [0.5, 0.6) is 0 Å². The number of carbonyl (C=O) groups is 1. The van der Waals surface area contributed by atoms with Crippen molar-refractivity contribution in [3.63, 3.8) is 0 Å². The number of halogens is 2. The van der Waals surface area contributed by atoms with Crippen LogP contribution in [0, 0.1) is 9.39 Å². The molecule has 24 heavy (non-hydrogen) atoms. The second kappa shape index (κ2) is 7.12. The molecule has 0 aliphatic rings. The predicted molar refractivity (Wildman–Crippen MR) is 98.1 cm³/mol. The van der Waals surface area contributed by atoms with Crippen LogP contribution in [-0.4, -0.2) is 15.5 Å². The van der Waals surface area contributed by atoms with Crippen molar-refractivity contribution in [2.24, 2.45) is 7.05 Å². The molecule has 122 valence electrons. The Bertz CT molecular complexity index is 861. The standard InChI is InChI=1S/C18H15FIN3O/c1-23-11-10-21-17(23)16(14-4-2-3-5-15(14)19)22-18(24)12-6-8-13(20)9-7-12/h2-11,16H,1H3,(H,22,24). The zero-order valence-electron chi connectivity index (χ0n) is 12.9. The first kappa shape index (κ1) is 16.6. The van der Waals surface area contributed by atoms with Gasteiger partial charge in [0.2, 0.25) is 0 Å². The number of aromatic nitrogens is 2. The molecule has 0 radical (unpaired) electrons. The molecule has 1 unspecified atom stereocenters. The van der Waals surface area contributed by atoms with Crippen LogP contribution in [0.4, 0.5) is 4.39 Å². The zero-order chi connectivity index (χ0) is 17.1. The minimum Gasteiger partial charge on any atom is -0.338 e. The zero-order valence-corrected chi connectivity index (χ0v) is 15.1. The van der Waals surface area contributed by atoms with Crippen molar-refractivity contribution in [3.05, 3.63) is 87.3 Å². The van der Waals surface area contributed by atoms with Crippen LogP contribution in [0.3, 0.4) is 0 Å². The highest BCUT2D eigenvalue weighted by Gasteiger charge is 2.23. The van der Waals surface area contributed by atoms with Gasteiger partial charge in [-0.1, -0.05) is 18.2 Å². The summed E-state index contributed by atoms with van der Waals surface area (Å²) in [4.78, 5) is 16.9. The van der Waals surface area contributed by atoms with Gasteiger partial charge in [0.15, 0.2) is 0 Å². The number of carbonyl (C=O) groups excluding carboxylic acids is 1. The van der Waals surface area contributed by atoms with Crippen LogP contribution in [0.15, 0.2) is 60.9 Å². The van der Waals surface area contributed by atoms with Crippen LogP contribution in [0.2, 0.25) is 0 Å². The maximum absolute atomic E-state index is 14.3. The fourth-order valence-electron chi connectivity index (χ4n) is 2.46. The van der Waals surface area contributed by atoms with Gasteiger partial charge in [-0.2, -0.15) is 0 Å². The Morgan fingerprint density at radius 3 is 2.54 bits per heavy atom. The highest BCUT2D eigenvalue weighted by Crippen LogP contribution is 2.23. The molecule has 1 heterocycles. The number of nitrogens with one attached hydrogen (secondary N) is 1. The Kier molecular flexibility index (Phi) is 4.94. The molecular weight excluding hydrogens is 420 g/mol. The number of aryl methyl sites for hydroxylation is 1. The summed E-state index contributed by atoms with van der Waals surface area (Å²) in [5, 5.41) is 2.89. The van der Waals surface area contributed by atoms with Crippen LogP contribution in [0.1, 0.15) is 27.8 Å². The van der Waals surface area contributed by atoms with Crippen LogP contribution < -0.4 is 5.32 Å². The molecule has 2 aromatic carbocycles. The summed E-state index contributed by atoms with van der Waals surface area (Å²) < 4.78 is 17.1. The molecule has 0 fully saturated rings. The molecule has 1 atom stereocenters. The van der Waals surface area contributed by atoms with Gasteiger partial charge in [-0.3, -0.25) is 4.79 Å². The molecule has 0 saturated carbocycles. The number of hydrogen-bond acceptors (Lipinski definition) is 2. The van der Waals surface area contributed by atoms with E-state index in [1.54, 1.807) is 47.3 Å². The Morgan fingerprint density at radius 2 is 1.92 bits per heavy atom. The third-order valence-corrected chi connectivity index (χ3v) is 4.43. The van der Waals surface area contributed by atoms with E-state index in [0.29, 0.717) is 17.0 Å². The molecule has 1 aromatic heterocycles. The fraction of sp³-hybridized carbons (Fsp3) is 0.111. The normalized spacial score (nSPS) is 12.0. The summed E-state index contributed by atoms with van der Waals surface area (Å²) in [5.41, 5.74) is 0.900. The number of benzene rings is 2. The first-order chi connectivity index (χ1) is 11.6. The maximum atomic E-state index is 14.3. The number of imidazole rings is 1. The van der Waals surface area contributed by atoms with E-state index in [1.165, 1.54) is 6.07 Å². The minimum absolute atomic E-state index is 0.275. The lowest BCUT2D eigenvalue weighted by Crippen LogP contribution is -2.31. The van der Waals surface area contributed by atoms with Gasteiger partial charge < -0.3 is 9.88 Å². The smallest absolute Gasteiger partial charge is 0.252 e. The van der Waals surface area contributed by atoms with E-state index in [4.69, 9.17) is 0 Å². The SMILES string of the molecule is Cn1ccnc1C(NC(=O)c1ccc(I)cc1)c1ccccc1F. The van der Waals surface area contributed by atoms with Crippen molar-refractivity contribution in [2.75, 3.05) is 0 Å². The molecule has 3 aromatic rings. The van der Waals surface area contributed by atoms with Crippen molar-refractivity contribution >= 4 is 28.5 Å². The lowest BCUT2D eigenvalue weighted by Gasteiger charge is -2.19. The van der Waals surface area contributed by atoms with Crippen molar-refractivity contribution in [1.29, 1.82) is 0 Å². The Balaban J connectivity index is 1.97. The quantitative estimate of drug-likeness (QED) is 0.636. The van der Waals surface area contributed by atoms with E-state index >= 15 is 0 Å². The summed E-state index contributed by atoms with van der Waals surface area (Å²) in [7, 11) is 1.81. The van der Waals surface area contributed by atoms with Gasteiger partial charge in [-0.15, -0.1) is 0 Å². The Morgan fingerprint density at radius 1 is 1.21 bits per heavy atom. The van der Waals surface area contributed by atoms with Crippen molar-refractivity contribution in [1.82, 2.24) is 14.9 Å². The molecule has 3 rings (SSSR count). The monoisotopic (exact) mass is 435 g/mol. The second-order valence-electron chi connectivity index (χ2n) is 5.33. The van der Waals surface area contributed by atoms with Gasteiger partial charge in [0, 0.05) is 34.1 Å². The number of hydrogen-bond donors (Lipinski definition) is 1. The first-order valence-corrected chi connectivity index (χ1v) is 8.42. The highest BCUT2D eigenvalue weighted by molar-refractivity contribution is 14.1. The maximum Gasteiger partial charge on any atom is 0.252 e. The van der Waals surface area contributed by atoms with Gasteiger partial charge in [0.05, 0.1) is 0 Å². The molecule has 4 nitrogen and oxygen atoms in total. The predicted octanol–water partition coefficient (Wildman–Crippen LogP) is 3.68. The van der Waals surface area contributed by atoms with E-state index in [9.17, 15) is 9.18 Å². The molecule has 6 heteroatoms. The van der Waals surface area contributed by atoms with Crippen molar-refractivity contribution in [3.8, 4) is 0 Å². The van der Waals surface area contributed by atoms with Gasteiger partial charge in [0.1, 0.15) is 17.7 Å². The third-order valence-electron chi connectivity index (χ3n) is 3.71. The van der Waals surface area contributed by atoms with Crippen LogP contribution in [-0.2, 0) is 7.05 Å². The van der Waals surface area contributed by atoms with Crippen molar-refractivity contribution < 1.29 is 9.18 Å². The number of nitrogens with zero attached hydrogens (tertiary/aromatic N) is 2. The average Bonchev–Trinajstić information content (AvgIpc) is 3.00. The molecular formula is C18H15FIN3O. The van der Waals surface area contributed by atoms with E-state index in [0.717, 1.165) is 3.57 Å².